The predicted molar refractivity (Wildman–Crippen MR) is 65.7 cm³/mol. The van der Waals surface area contributed by atoms with Gasteiger partial charge in [-0.3, -0.25) is 9.79 Å². The van der Waals surface area contributed by atoms with Crippen LogP contribution in [0.25, 0.3) is 0 Å². The third-order valence-corrected chi connectivity index (χ3v) is 3.12. The van der Waals surface area contributed by atoms with Gasteiger partial charge in [-0.25, -0.2) is 0 Å². The minimum Gasteiger partial charge on any atom is -0.299 e. The highest BCUT2D eigenvalue weighted by Gasteiger charge is 2.22. The van der Waals surface area contributed by atoms with Crippen LogP contribution in [0.3, 0.4) is 0 Å². The lowest BCUT2D eigenvalue weighted by atomic mass is 10.1. The Balaban J connectivity index is 1.99. The number of aliphatic imine (C=N–C) groups is 1. The quantitative estimate of drug-likeness (QED) is 0.712. The van der Waals surface area contributed by atoms with Gasteiger partial charge in [0, 0.05) is 12.6 Å². The molecule has 16 heavy (non-hydrogen) atoms. The molecule has 1 aliphatic carbocycles. The average Bonchev–Trinajstić information content (AvgIpc) is 2.73. The first-order chi connectivity index (χ1) is 7.77. The number of ketones is 1. The number of rotatable bonds is 3. The Morgan fingerprint density at radius 1 is 1.38 bits per heavy atom. The number of Topliss-reactive ketones (excluding diaryl/α,β-unsaturated/α-hetero) is 1. The van der Waals surface area contributed by atoms with E-state index >= 15 is 0 Å². The van der Waals surface area contributed by atoms with Crippen LogP contribution in [-0.2, 0) is 4.79 Å². The van der Waals surface area contributed by atoms with E-state index in [1.807, 2.05) is 24.4 Å². The highest BCUT2D eigenvalue weighted by Crippen LogP contribution is 2.21. The molecule has 0 bridgehead atoms. The number of benzene rings is 1. The van der Waals surface area contributed by atoms with Gasteiger partial charge < -0.3 is 0 Å². The van der Waals surface area contributed by atoms with Gasteiger partial charge in [0.25, 0.3) is 0 Å². The maximum atomic E-state index is 11.4. The first-order valence-electron chi connectivity index (χ1n) is 5.88. The van der Waals surface area contributed by atoms with Gasteiger partial charge in [0.1, 0.15) is 5.78 Å². The molecule has 2 rings (SSSR count). The molecule has 2 atom stereocenters. The van der Waals surface area contributed by atoms with Crippen molar-refractivity contribution in [1.82, 2.24) is 0 Å². The SMILES string of the molecule is CC(N=CC1CCCC1=O)c1ccccc1. The molecule has 0 heterocycles. The largest absolute Gasteiger partial charge is 0.299 e. The molecule has 1 fully saturated rings. The molecule has 2 nitrogen and oxygen atoms in total. The fourth-order valence-electron chi connectivity index (χ4n) is 2.05. The Bertz CT molecular complexity index is 383. The molecule has 1 aliphatic rings. The van der Waals surface area contributed by atoms with Crippen LogP contribution in [0.4, 0.5) is 0 Å². The second-order valence-corrected chi connectivity index (χ2v) is 4.35. The zero-order valence-electron chi connectivity index (χ0n) is 9.60. The molecule has 0 saturated heterocycles. The van der Waals surface area contributed by atoms with Crippen LogP contribution in [0.2, 0.25) is 0 Å². The summed E-state index contributed by atoms with van der Waals surface area (Å²) in [7, 11) is 0. The molecule has 2 unspecified atom stereocenters. The Kier molecular flexibility index (Phi) is 3.50. The number of hydrogen-bond donors (Lipinski definition) is 0. The lowest BCUT2D eigenvalue weighted by Crippen LogP contribution is -2.07. The first kappa shape index (κ1) is 11.1. The van der Waals surface area contributed by atoms with Gasteiger partial charge in [0.15, 0.2) is 0 Å². The van der Waals surface area contributed by atoms with Crippen molar-refractivity contribution in [3.8, 4) is 0 Å². The van der Waals surface area contributed by atoms with Gasteiger partial charge in [-0.2, -0.15) is 0 Å². The molecule has 0 amide bonds. The topological polar surface area (TPSA) is 29.4 Å². The fraction of sp³-hybridized carbons (Fsp3) is 0.429. The Morgan fingerprint density at radius 2 is 2.12 bits per heavy atom. The van der Waals surface area contributed by atoms with E-state index in [1.165, 1.54) is 5.56 Å². The van der Waals surface area contributed by atoms with Crippen molar-refractivity contribution < 1.29 is 4.79 Å². The van der Waals surface area contributed by atoms with Crippen LogP contribution >= 0.6 is 0 Å². The molecule has 84 valence electrons. The summed E-state index contributed by atoms with van der Waals surface area (Å²) in [6.07, 6.45) is 4.59. The number of nitrogens with zero attached hydrogens (tertiary/aromatic N) is 1. The standard InChI is InChI=1S/C14H17NO/c1-11(12-6-3-2-4-7-12)15-10-13-8-5-9-14(13)16/h2-4,6-7,10-11,13H,5,8-9H2,1H3. The van der Waals surface area contributed by atoms with Gasteiger partial charge in [-0.1, -0.05) is 30.3 Å². The van der Waals surface area contributed by atoms with Gasteiger partial charge in [0.2, 0.25) is 0 Å². The highest BCUT2D eigenvalue weighted by atomic mass is 16.1. The second kappa shape index (κ2) is 5.06. The molecule has 2 heteroatoms. The lowest BCUT2D eigenvalue weighted by Gasteiger charge is -2.07. The smallest absolute Gasteiger partial charge is 0.141 e. The van der Waals surface area contributed by atoms with E-state index < -0.39 is 0 Å². The molecular weight excluding hydrogens is 198 g/mol. The summed E-state index contributed by atoms with van der Waals surface area (Å²) < 4.78 is 0. The molecule has 1 aromatic rings. The van der Waals surface area contributed by atoms with Crippen molar-refractivity contribution in [2.45, 2.75) is 32.2 Å². The van der Waals surface area contributed by atoms with Crippen LogP contribution in [0.5, 0.6) is 0 Å². The van der Waals surface area contributed by atoms with Crippen molar-refractivity contribution in [3.63, 3.8) is 0 Å². The minimum atomic E-state index is 0.0752. The summed E-state index contributed by atoms with van der Waals surface area (Å²) in [5, 5.41) is 0. The third kappa shape index (κ3) is 2.57. The summed E-state index contributed by atoms with van der Waals surface area (Å²) in [5.41, 5.74) is 1.20. The number of hydrogen-bond acceptors (Lipinski definition) is 2. The van der Waals surface area contributed by atoms with Crippen LogP contribution in [0, 0.1) is 5.92 Å². The molecule has 0 spiro atoms. The Hall–Kier alpha value is -1.44. The lowest BCUT2D eigenvalue weighted by molar-refractivity contribution is -0.118. The summed E-state index contributed by atoms with van der Waals surface area (Å²) in [6, 6.07) is 10.3. The highest BCUT2D eigenvalue weighted by molar-refractivity contribution is 5.96. The predicted octanol–water partition coefficient (Wildman–Crippen LogP) is 3.19. The van der Waals surface area contributed by atoms with Crippen molar-refractivity contribution in [3.05, 3.63) is 35.9 Å². The molecular formula is C14H17NO. The fourth-order valence-corrected chi connectivity index (χ4v) is 2.05. The van der Waals surface area contributed by atoms with Crippen LogP contribution in [0.1, 0.15) is 37.8 Å². The van der Waals surface area contributed by atoms with Gasteiger partial charge in [0.05, 0.1) is 12.0 Å². The molecule has 0 aromatic heterocycles. The number of carbonyl (C=O) groups is 1. The zero-order valence-corrected chi connectivity index (χ0v) is 9.60. The van der Waals surface area contributed by atoms with E-state index in [1.54, 1.807) is 0 Å². The van der Waals surface area contributed by atoms with Crippen LogP contribution < -0.4 is 0 Å². The minimum absolute atomic E-state index is 0.0752. The van der Waals surface area contributed by atoms with Crippen LogP contribution in [0.15, 0.2) is 35.3 Å². The summed E-state index contributed by atoms with van der Waals surface area (Å²) >= 11 is 0. The van der Waals surface area contributed by atoms with E-state index in [0.717, 1.165) is 19.3 Å². The molecule has 1 aromatic carbocycles. The van der Waals surface area contributed by atoms with E-state index in [4.69, 9.17) is 0 Å². The molecule has 0 aliphatic heterocycles. The summed E-state index contributed by atoms with van der Waals surface area (Å²) in [6.45, 7) is 2.06. The van der Waals surface area contributed by atoms with E-state index in [0.29, 0.717) is 5.78 Å². The van der Waals surface area contributed by atoms with Crippen LogP contribution in [-0.4, -0.2) is 12.0 Å². The normalized spacial score (nSPS) is 22.8. The van der Waals surface area contributed by atoms with Crippen molar-refractivity contribution in [2.24, 2.45) is 10.9 Å². The van der Waals surface area contributed by atoms with Crippen molar-refractivity contribution >= 4 is 12.0 Å². The zero-order chi connectivity index (χ0) is 11.4. The molecule has 0 radical (unpaired) electrons. The Labute approximate surface area is 96.4 Å². The van der Waals surface area contributed by atoms with E-state index in [-0.39, 0.29) is 12.0 Å². The molecule has 0 N–H and O–H groups in total. The van der Waals surface area contributed by atoms with Gasteiger partial charge >= 0.3 is 0 Å². The third-order valence-electron chi connectivity index (χ3n) is 3.12. The summed E-state index contributed by atoms with van der Waals surface area (Å²) in [4.78, 5) is 15.9. The average molecular weight is 215 g/mol. The maximum absolute atomic E-state index is 11.4. The van der Waals surface area contributed by atoms with Gasteiger partial charge in [-0.15, -0.1) is 0 Å². The summed E-state index contributed by atoms with van der Waals surface area (Å²) in [5.74, 6) is 0.426. The van der Waals surface area contributed by atoms with Crippen molar-refractivity contribution in [1.29, 1.82) is 0 Å². The monoisotopic (exact) mass is 215 g/mol. The van der Waals surface area contributed by atoms with Gasteiger partial charge in [-0.05, 0) is 25.3 Å². The Morgan fingerprint density at radius 3 is 2.75 bits per heavy atom. The number of carbonyl (C=O) groups excluding carboxylic acids is 1. The van der Waals surface area contributed by atoms with E-state index in [9.17, 15) is 4.79 Å². The maximum Gasteiger partial charge on any atom is 0.141 e. The first-order valence-corrected chi connectivity index (χ1v) is 5.88. The second-order valence-electron chi connectivity index (χ2n) is 4.35. The van der Waals surface area contributed by atoms with Crippen molar-refractivity contribution in [2.75, 3.05) is 0 Å². The van der Waals surface area contributed by atoms with E-state index in [2.05, 4.69) is 24.0 Å². The molecule has 1 saturated carbocycles.